The maximum atomic E-state index is 8.62. The minimum atomic E-state index is -0.767. The van der Waals surface area contributed by atoms with Crippen molar-refractivity contribution in [3.05, 3.63) is 0 Å². The summed E-state index contributed by atoms with van der Waals surface area (Å²) in [6, 6.07) is -0.309. The molecule has 0 fully saturated rings. The Morgan fingerprint density at radius 2 is 2.09 bits per heavy atom. The number of rotatable bonds is 5. The molecule has 3 N–H and O–H groups in total. The lowest BCUT2D eigenvalue weighted by Gasteiger charge is -2.21. The van der Waals surface area contributed by atoms with Gasteiger partial charge in [-0.3, -0.25) is 0 Å². The van der Waals surface area contributed by atoms with Gasteiger partial charge in [0.2, 0.25) is 0 Å². The van der Waals surface area contributed by atoms with Gasteiger partial charge in [-0.05, 0) is 12.8 Å². The third-order valence-electron chi connectivity index (χ3n) is 1.41. The molecule has 1 unspecified atom stereocenters. The molecule has 0 aliphatic heterocycles. The summed E-state index contributed by atoms with van der Waals surface area (Å²) in [7, 11) is 0. The van der Waals surface area contributed by atoms with Gasteiger partial charge < -0.3 is 10.8 Å². The number of aliphatic hydroxyl groups excluding tert-OH is 1. The molecule has 0 saturated heterocycles. The van der Waals surface area contributed by atoms with Gasteiger partial charge in [-0.25, -0.2) is 0 Å². The molecule has 68 valence electrons. The first-order chi connectivity index (χ1) is 5.02. The van der Waals surface area contributed by atoms with Crippen molar-refractivity contribution in [2.24, 2.45) is 5.73 Å². The van der Waals surface area contributed by atoms with Gasteiger partial charge in [-0.1, -0.05) is 13.3 Å². The molecule has 0 heterocycles. The first kappa shape index (κ1) is 11.5. The van der Waals surface area contributed by atoms with Gasteiger partial charge in [-0.15, -0.1) is 23.2 Å². The van der Waals surface area contributed by atoms with Crippen LogP contribution < -0.4 is 5.73 Å². The van der Waals surface area contributed by atoms with Gasteiger partial charge in [0.15, 0.2) is 0 Å². The fourth-order valence-electron chi connectivity index (χ4n) is 0.916. The summed E-state index contributed by atoms with van der Waals surface area (Å²) in [5, 5.41) is 8.62. The highest BCUT2D eigenvalue weighted by Crippen LogP contribution is 2.31. The van der Waals surface area contributed by atoms with Crippen molar-refractivity contribution in [2.45, 2.75) is 36.6 Å². The van der Waals surface area contributed by atoms with Crippen molar-refractivity contribution in [1.29, 1.82) is 0 Å². The number of hydrogen-bond acceptors (Lipinski definition) is 2. The first-order valence-corrected chi connectivity index (χ1v) is 4.51. The highest BCUT2D eigenvalue weighted by atomic mass is 35.5. The van der Waals surface area contributed by atoms with E-state index in [1.54, 1.807) is 0 Å². The topological polar surface area (TPSA) is 46.2 Å². The summed E-state index contributed by atoms with van der Waals surface area (Å²) in [4.78, 5) is 0. The van der Waals surface area contributed by atoms with Crippen LogP contribution in [0.3, 0.4) is 0 Å². The standard InChI is InChI=1S/C7H15Cl2NO/c1-2-3-7(8,9)4-6(10)5-11/h6,11H,2-5,10H2,1H3. The monoisotopic (exact) mass is 199 g/mol. The Morgan fingerprint density at radius 3 is 2.45 bits per heavy atom. The van der Waals surface area contributed by atoms with Crippen molar-refractivity contribution in [1.82, 2.24) is 0 Å². The predicted molar refractivity (Wildman–Crippen MR) is 49.0 cm³/mol. The molecule has 0 aromatic heterocycles. The van der Waals surface area contributed by atoms with Gasteiger partial charge in [0, 0.05) is 6.04 Å². The van der Waals surface area contributed by atoms with Gasteiger partial charge in [0.05, 0.1) is 6.61 Å². The molecule has 11 heavy (non-hydrogen) atoms. The quantitative estimate of drug-likeness (QED) is 0.663. The Balaban J connectivity index is 3.70. The van der Waals surface area contributed by atoms with Crippen LogP contribution in [0.2, 0.25) is 0 Å². The van der Waals surface area contributed by atoms with Gasteiger partial charge in [0.25, 0.3) is 0 Å². The fourth-order valence-corrected chi connectivity index (χ4v) is 1.69. The average molecular weight is 200 g/mol. The summed E-state index contributed by atoms with van der Waals surface area (Å²) in [6.45, 7) is 1.94. The smallest absolute Gasteiger partial charge is 0.119 e. The Kier molecular flexibility index (Phi) is 5.44. The number of alkyl halides is 2. The van der Waals surface area contributed by atoms with Crippen LogP contribution in [-0.4, -0.2) is 22.1 Å². The van der Waals surface area contributed by atoms with Gasteiger partial charge >= 0.3 is 0 Å². The number of aliphatic hydroxyl groups is 1. The molecule has 0 aliphatic carbocycles. The van der Waals surface area contributed by atoms with Crippen LogP contribution in [0.4, 0.5) is 0 Å². The minimum absolute atomic E-state index is 0.0646. The average Bonchev–Trinajstić information content (AvgIpc) is 1.86. The summed E-state index contributed by atoms with van der Waals surface area (Å²) < 4.78 is -0.767. The molecule has 0 rings (SSSR count). The van der Waals surface area contributed by atoms with Crippen molar-refractivity contribution < 1.29 is 5.11 Å². The normalized spacial score (nSPS) is 15.0. The van der Waals surface area contributed by atoms with Crippen LogP contribution in [-0.2, 0) is 0 Å². The lowest BCUT2D eigenvalue weighted by Crippen LogP contribution is -2.31. The largest absolute Gasteiger partial charge is 0.395 e. The molecule has 0 radical (unpaired) electrons. The lowest BCUT2D eigenvalue weighted by molar-refractivity contribution is 0.255. The summed E-state index contributed by atoms with van der Waals surface area (Å²) in [5.74, 6) is 0. The SMILES string of the molecule is CCCC(Cl)(Cl)CC(N)CO. The van der Waals surface area contributed by atoms with Crippen LogP contribution >= 0.6 is 23.2 Å². The summed E-state index contributed by atoms with van der Waals surface area (Å²) >= 11 is 11.8. The molecule has 2 nitrogen and oxygen atoms in total. The van der Waals surface area contributed by atoms with Gasteiger partial charge in [-0.2, -0.15) is 0 Å². The van der Waals surface area contributed by atoms with Crippen LogP contribution in [0.5, 0.6) is 0 Å². The third-order valence-corrected chi connectivity index (χ3v) is 2.10. The van der Waals surface area contributed by atoms with E-state index < -0.39 is 4.33 Å². The second-order valence-electron chi connectivity index (χ2n) is 2.75. The van der Waals surface area contributed by atoms with Crippen molar-refractivity contribution in [2.75, 3.05) is 6.61 Å². The maximum absolute atomic E-state index is 8.62. The zero-order valence-corrected chi connectivity index (χ0v) is 8.20. The molecule has 1 atom stereocenters. The van der Waals surface area contributed by atoms with E-state index in [0.29, 0.717) is 12.8 Å². The van der Waals surface area contributed by atoms with Crippen LogP contribution in [0.15, 0.2) is 0 Å². The molecule has 0 bridgehead atoms. The Hall–Kier alpha value is 0.500. The number of nitrogens with two attached hydrogens (primary N) is 1. The van der Waals surface area contributed by atoms with Crippen molar-refractivity contribution >= 4 is 23.2 Å². The second-order valence-corrected chi connectivity index (χ2v) is 4.39. The predicted octanol–water partition coefficient (Wildman–Crippen LogP) is 1.67. The van der Waals surface area contributed by atoms with Crippen LogP contribution in [0, 0.1) is 0 Å². The third kappa shape index (κ3) is 5.74. The zero-order chi connectivity index (χ0) is 8.91. The van der Waals surface area contributed by atoms with E-state index in [1.807, 2.05) is 6.92 Å². The first-order valence-electron chi connectivity index (χ1n) is 3.76. The Bertz CT molecular complexity index is 109. The summed E-state index contributed by atoms with van der Waals surface area (Å²) in [5.41, 5.74) is 5.47. The number of halogens is 2. The molecule has 0 amide bonds. The molecule has 0 saturated carbocycles. The second kappa shape index (κ2) is 5.20. The molecular formula is C7H15Cl2NO. The Morgan fingerprint density at radius 1 is 1.55 bits per heavy atom. The van der Waals surface area contributed by atoms with E-state index in [9.17, 15) is 0 Å². The molecule has 4 heteroatoms. The van der Waals surface area contributed by atoms with Gasteiger partial charge in [0.1, 0.15) is 4.33 Å². The van der Waals surface area contributed by atoms with Crippen molar-refractivity contribution in [3.63, 3.8) is 0 Å². The Labute approximate surface area is 77.7 Å². The highest BCUT2D eigenvalue weighted by Gasteiger charge is 2.25. The van der Waals surface area contributed by atoms with E-state index in [2.05, 4.69) is 0 Å². The fraction of sp³-hybridized carbons (Fsp3) is 1.00. The summed E-state index contributed by atoms with van der Waals surface area (Å²) in [6.07, 6.45) is 2.08. The van der Waals surface area contributed by atoms with Crippen molar-refractivity contribution in [3.8, 4) is 0 Å². The molecule has 0 aliphatic rings. The minimum Gasteiger partial charge on any atom is -0.395 e. The van der Waals surface area contributed by atoms with E-state index in [-0.39, 0.29) is 12.6 Å². The van der Waals surface area contributed by atoms with E-state index in [0.717, 1.165) is 6.42 Å². The zero-order valence-electron chi connectivity index (χ0n) is 6.69. The number of hydrogen-bond donors (Lipinski definition) is 2. The molecule has 0 aromatic rings. The molecular weight excluding hydrogens is 185 g/mol. The molecule has 0 aromatic carbocycles. The van der Waals surface area contributed by atoms with Crippen LogP contribution in [0.1, 0.15) is 26.2 Å². The molecule has 0 spiro atoms. The highest BCUT2D eigenvalue weighted by molar-refractivity contribution is 6.48. The maximum Gasteiger partial charge on any atom is 0.119 e. The van der Waals surface area contributed by atoms with Crippen LogP contribution in [0.25, 0.3) is 0 Å². The van der Waals surface area contributed by atoms with E-state index >= 15 is 0 Å². The van der Waals surface area contributed by atoms with E-state index in [1.165, 1.54) is 0 Å². The lowest BCUT2D eigenvalue weighted by atomic mass is 10.1. The van der Waals surface area contributed by atoms with E-state index in [4.69, 9.17) is 34.0 Å².